The summed E-state index contributed by atoms with van der Waals surface area (Å²) in [5.74, 6) is 1.05. The van der Waals surface area contributed by atoms with Crippen LogP contribution in [0.1, 0.15) is 59.1 Å². The summed E-state index contributed by atoms with van der Waals surface area (Å²) in [6, 6.07) is 10.1. The number of carbonyl (C=O) groups excluding carboxylic acids is 1. The molecule has 2 unspecified atom stereocenters. The molecule has 1 aromatic heterocycles. The number of aryl methyl sites for hydroxylation is 1. The molecule has 1 saturated heterocycles. The molecule has 0 spiro atoms. The molecule has 5 heteroatoms. The van der Waals surface area contributed by atoms with Gasteiger partial charge < -0.3 is 14.6 Å². The lowest BCUT2D eigenvalue weighted by atomic mass is 9.92. The first kappa shape index (κ1) is 16.3. The van der Waals surface area contributed by atoms with Gasteiger partial charge in [-0.25, -0.2) is 0 Å². The van der Waals surface area contributed by atoms with Crippen LogP contribution in [0.15, 0.2) is 34.9 Å². The summed E-state index contributed by atoms with van der Waals surface area (Å²) in [5.41, 5.74) is 2.59. The van der Waals surface area contributed by atoms with E-state index >= 15 is 0 Å². The van der Waals surface area contributed by atoms with Crippen molar-refractivity contribution in [1.82, 2.24) is 10.5 Å². The van der Waals surface area contributed by atoms with Crippen LogP contribution in [0.5, 0.6) is 0 Å². The van der Waals surface area contributed by atoms with Gasteiger partial charge in [-0.15, -0.1) is 0 Å². The zero-order valence-electron chi connectivity index (χ0n) is 14.4. The second kappa shape index (κ2) is 7.40. The number of nitrogens with one attached hydrogen (secondary N) is 1. The Morgan fingerprint density at radius 3 is 2.80 bits per heavy atom. The van der Waals surface area contributed by atoms with Crippen LogP contribution in [0.4, 0.5) is 0 Å². The molecule has 1 fully saturated rings. The van der Waals surface area contributed by atoms with Crippen LogP contribution in [-0.4, -0.2) is 24.3 Å². The standard InChI is InChI=1S/C20H24N2O3/c23-20(19-16-9-5-2-6-10-17(16)25-22-19)21-18(15-11-12-24-13-15)14-7-3-1-4-8-14/h1,3-4,7-8,15,18H,2,5-6,9-13H2,(H,21,23). The second-order valence-corrected chi connectivity index (χ2v) is 6.98. The molecular weight excluding hydrogens is 316 g/mol. The number of rotatable bonds is 4. The Labute approximate surface area is 147 Å². The predicted molar refractivity (Wildman–Crippen MR) is 93.3 cm³/mol. The van der Waals surface area contributed by atoms with Gasteiger partial charge in [-0.1, -0.05) is 41.9 Å². The molecule has 1 aliphatic carbocycles. The zero-order chi connectivity index (χ0) is 17.1. The van der Waals surface area contributed by atoms with Crippen LogP contribution in [0.3, 0.4) is 0 Å². The predicted octanol–water partition coefficient (Wildman–Crippen LogP) is 3.45. The highest BCUT2D eigenvalue weighted by Gasteiger charge is 2.31. The van der Waals surface area contributed by atoms with Crippen LogP contribution in [0.25, 0.3) is 0 Å². The van der Waals surface area contributed by atoms with Gasteiger partial charge in [0, 0.05) is 24.5 Å². The lowest BCUT2D eigenvalue weighted by molar-refractivity contribution is 0.0905. The summed E-state index contributed by atoms with van der Waals surface area (Å²) in [7, 11) is 0. The van der Waals surface area contributed by atoms with Crippen molar-refractivity contribution in [2.24, 2.45) is 5.92 Å². The molecule has 0 saturated carbocycles. The SMILES string of the molecule is O=C(NC(c1ccccc1)C1CCOC1)c1noc2c1CCCCC2. The van der Waals surface area contributed by atoms with E-state index in [1.807, 2.05) is 18.2 Å². The Kier molecular flexibility index (Phi) is 4.83. The summed E-state index contributed by atoms with van der Waals surface area (Å²) in [6.07, 6.45) is 6.09. The van der Waals surface area contributed by atoms with E-state index < -0.39 is 0 Å². The highest BCUT2D eigenvalue weighted by molar-refractivity contribution is 5.94. The lowest BCUT2D eigenvalue weighted by Crippen LogP contribution is -2.34. The maximum atomic E-state index is 13.0. The summed E-state index contributed by atoms with van der Waals surface area (Å²) >= 11 is 0. The molecule has 2 aliphatic rings. The zero-order valence-corrected chi connectivity index (χ0v) is 14.4. The third-order valence-electron chi connectivity index (χ3n) is 5.30. The van der Waals surface area contributed by atoms with E-state index in [4.69, 9.17) is 9.26 Å². The van der Waals surface area contributed by atoms with E-state index in [0.29, 0.717) is 12.3 Å². The van der Waals surface area contributed by atoms with Crippen molar-refractivity contribution in [3.8, 4) is 0 Å². The Bertz CT molecular complexity index is 720. The van der Waals surface area contributed by atoms with Gasteiger partial charge in [-0.2, -0.15) is 0 Å². The number of hydrogen-bond acceptors (Lipinski definition) is 4. The third kappa shape index (κ3) is 3.47. The molecule has 1 aromatic carbocycles. The van der Waals surface area contributed by atoms with Gasteiger partial charge in [-0.3, -0.25) is 4.79 Å². The molecule has 132 valence electrons. The molecular formula is C20H24N2O3. The fourth-order valence-electron chi connectivity index (χ4n) is 3.90. The fraction of sp³-hybridized carbons (Fsp3) is 0.500. The van der Waals surface area contributed by atoms with Crippen molar-refractivity contribution in [2.45, 2.75) is 44.6 Å². The van der Waals surface area contributed by atoms with Crippen molar-refractivity contribution in [3.05, 3.63) is 52.9 Å². The average molecular weight is 340 g/mol. The molecule has 5 nitrogen and oxygen atoms in total. The smallest absolute Gasteiger partial charge is 0.274 e. The van der Waals surface area contributed by atoms with Gasteiger partial charge in [0.1, 0.15) is 5.76 Å². The van der Waals surface area contributed by atoms with E-state index in [-0.39, 0.29) is 17.9 Å². The number of fused-ring (bicyclic) bond motifs is 1. The molecule has 1 aliphatic heterocycles. The molecule has 25 heavy (non-hydrogen) atoms. The molecule has 2 heterocycles. The van der Waals surface area contributed by atoms with Gasteiger partial charge >= 0.3 is 0 Å². The van der Waals surface area contributed by atoms with Crippen molar-refractivity contribution in [2.75, 3.05) is 13.2 Å². The highest BCUT2D eigenvalue weighted by atomic mass is 16.5. The lowest BCUT2D eigenvalue weighted by Gasteiger charge is -2.24. The minimum Gasteiger partial charge on any atom is -0.381 e. The van der Waals surface area contributed by atoms with Gasteiger partial charge in [-0.05, 0) is 31.2 Å². The van der Waals surface area contributed by atoms with Crippen LogP contribution in [0.2, 0.25) is 0 Å². The fourth-order valence-corrected chi connectivity index (χ4v) is 3.90. The van der Waals surface area contributed by atoms with Crippen LogP contribution in [0, 0.1) is 5.92 Å². The Morgan fingerprint density at radius 1 is 1.16 bits per heavy atom. The minimum atomic E-state index is -0.132. The van der Waals surface area contributed by atoms with Gasteiger partial charge in [0.05, 0.1) is 12.6 Å². The van der Waals surface area contributed by atoms with E-state index in [1.165, 1.54) is 6.42 Å². The maximum absolute atomic E-state index is 13.0. The third-order valence-corrected chi connectivity index (χ3v) is 5.30. The molecule has 0 radical (unpaired) electrons. The number of ether oxygens (including phenoxy) is 1. The monoisotopic (exact) mass is 340 g/mol. The van der Waals surface area contributed by atoms with Crippen molar-refractivity contribution < 1.29 is 14.1 Å². The topological polar surface area (TPSA) is 64.4 Å². The van der Waals surface area contributed by atoms with Crippen LogP contribution < -0.4 is 5.32 Å². The summed E-state index contributed by atoms with van der Waals surface area (Å²) in [6.45, 7) is 1.43. The van der Waals surface area contributed by atoms with E-state index in [0.717, 1.165) is 55.6 Å². The Morgan fingerprint density at radius 2 is 2.00 bits per heavy atom. The van der Waals surface area contributed by atoms with Crippen LogP contribution >= 0.6 is 0 Å². The normalized spacial score (nSPS) is 21.4. The number of hydrogen-bond donors (Lipinski definition) is 1. The average Bonchev–Trinajstić information content (AvgIpc) is 3.26. The molecule has 1 amide bonds. The first-order valence-electron chi connectivity index (χ1n) is 9.24. The maximum Gasteiger partial charge on any atom is 0.274 e. The largest absolute Gasteiger partial charge is 0.381 e. The van der Waals surface area contributed by atoms with Gasteiger partial charge in [0.25, 0.3) is 5.91 Å². The minimum absolute atomic E-state index is 0.0608. The van der Waals surface area contributed by atoms with E-state index in [2.05, 4.69) is 22.6 Å². The second-order valence-electron chi connectivity index (χ2n) is 6.98. The first-order valence-corrected chi connectivity index (χ1v) is 9.24. The summed E-state index contributed by atoms with van der Waals surface area (Å²) in [5, 5.41) is 7.30. The number of aromatic nitrogens is 1. The Hall–Kier alpha value is -2.14. The van der Waals surface area contributed by atoms with Gasteiger partial charge in [0.15, 0.2) is 5.69 Å². The quantitative estimate of drug-likeness (QED) is 0.866. The first-order chi connectivity index (χ1) is 12.3. The van der Waals surface area contributed by atoms with Crippen LogP contribution in [-0.2, 0) is 17.6 Å². The molecule has 2 aromatic rings. The highest BCUT2D eigenvalue weighted by Crippen LogP contribution is 2.30. The molecule has 2 atom stereocenters. The number of carbonyl (C=O) groups is 1. The molecule has 1 N–H and O–H groups in total. The van der Waals surface area contributed by atoms with Crippen molar-refractivity contribution in [1.29, 1.82) is 0 Å². The van der Waals surface area contributed by atoms with E-state index in [1.54, 1.807) is 0 Å². The van der Waals surface area contributed by atoms with Gasteiger partial charge in [0.2, 0.25) is 0 Å². The number of amides is 1. The molecule has 4 rings (SSSR count). The number of nitrogens with zero attached hydrogens (tertiary/aromatic N) is 1. The summed E-state index contributed by atoms with van der Waals surface area (Å²) in [4.78, 5) is 13.0. The van der Waals surface area contributed by atoms with E-state index in [9.17, 15) is 4.79 Å². The van der Waals surface area contributed by atoms with Crippen molar-refractivity contribution >= 4 is 5.91 Å². The summed E-state index contributed by atoms with van der Waals surface area (Å²) < 4.78 is 11.0. The van der Waals surface area contributed by atoms with Crippen molar-refractivity contribution in [3.63, 3.8) is 0 Å². The molecule has 0 bridgehead atoms. The Balaban J connectivity index is 1.58. The number of benzene rings is 1.